The number of hydrogen-bond donors (Lipinski definition) is 0. The monoisotopic (exact) mass is 1280 g/mol. The molecule has 14 aromatic carbocycles. The third-order valence-electron chi connectivity index (χ3n) is 19.5. The first-order chi connectivity index (χ1) is 49.5. The maximum Gasteiger partial charge on any atom is 0.238 e. The van der Waals surface area contributed by atoms with Gasteiger partial charge in [-0.25, -0.2) is 9.97 Å². The van der Waals surface area contributed by atoms with Crippen LogP contribution in [0.25, 0.3) is 201 Å². The highest BCUT2D eigenvalue weighted by Gasteiger charge is 2.24. The Morgan fingerprint density at radius 3 is 1.04 bits per heavy atom. The van der Waals surface area contributed by atoms with Crippen LogP contribution in [0.2, 0.25) is 0 Å². The predicted molar refractivity (Wildman–Crippen MR) is 405 cm³/mol. The fourth-order valence-corrected chi connectivity index (χ4v) is 14.6. The standard InChI is InChI=1S/C90H54N8O2/c1-5-19-55(20-6-1)64-43-47-71-69-27-13-15-33-77(69)98(80(71)52-64)90-94-86(92-88(96-90)66-45-49-73-75-32-18-30-68(60-23-9-3-10-24-60)84(75)100-82(73)54-66)62-41-39-57(40-42-62)56-35-37-58(38-36-56)63-46-50-79-76(51-63)70-28-14-16-34-78(70)97(79)89-93-85(61-25-11-4-12-26-61)91-87(95-89)65-44-48-72-74-31-17-29-67(59-21-7-2-8-22-59)83(74)99-81(72)53-65/h1-54H. The summed E-state index contributed by atoms with van der Waals surface area (Å²) in [5.41, 5.74) is 21.4. The van der Waals surface area contributed by atoms with Crippen LogP contribution in [0.15, 0.2) is 336 Å². The van der Waals surface area contributed by atoms with E-state index >= 15 is 0 Å². The summed E-state index contributed by atoms with van der Waals surface area (Å²) in [5, 5.41) is 8.55. The van der Waals surface area contributed by atoms with Crippen molar-refractivity contribution in [2.45, 2.75) is 0 Å². The van der Waals surface area contributed by atoms with Crippen molar-refractivity contribution in [2.24, 2.45) is 0 Å². The van der Waals surface area contributed by atoms with Gasteiger partial charge in [0.25, 0.3) is 0 Å². The smallest absolute Gasteiger partial charge is 0.238 e. The topological polar surface area (TPSA) is 113 Å². The molecule has 0 N–H and O–H groups in total. The maximum atomic E-state index is 6.79. The van der Waals surface area contributed by atoms with E-state index in [0.717, 1.165) is 165 Å². The molecule has 466 valence electrons. The highest BCUT2D eigenvalue weighted by atomic mass is 16.3. The Kier molecular flexibility index (Phi) is 13.0. The van der Waals surface area contributed by atoms with Crippen LogP contribution in [-0.2, 0) is 0 Å². The van der Waals surface area contributed by atoms with Gasteiger partial charge in [0.2, 0.25) is 11.9 Å². The van der Waals surface area contributed by atoms with E-state index < -0.39 is 0 Å². The summed E-state index contributed by atoms with van der Waals surface area (Å²) in [6.07, 6.45) is 0. The quantitative estimate of drug-likeness (QED) is 0.126. The highest BCUT2D eigenvalue weighted by molar-refractivity contribution is 6.14. The van der Waals surface area contributed by atoms with Gasteiger partial charge in [0.1, 0.15) is 22.3 Å². The second-order valence-corrected chi connectivity index (χ2v) is 25.3. The van der Waals surface area contributed by atoms with Gasteiger partial charge in [-0.1, -0.05) is 273 Å². The van der Waals surface area contributed by atoms with Crippen LogP contribution in [0.1, 0.15) is 0 Å². The molecule has 0 unspecified atom stereocenters. The third-order valence-corrected chi connectivity index (χ3v) is 19.5. The molecule has 0 saturated heterocycles. The number of aromatic nitrogens is 8. The molecule has 0 radical (unpaired) electrons. The predicted octanol–water partition coefficient (Wildman–Crippen LogP) is 23.1. The summed E-state index contributed by atoms with van der Waals surface area (Å²) >= 11 is 0. The van der Waals surface area contributed by atoms with E-state index in [0.29, 0.717) is 35.2 Å². The Hall–Kier alpha value is -13.7. The SMILES string of the molecule is c1ccc(-c2ccc3c4ccccc4n(-c4nc(-c5ccc(-c6ccc(-c7ccc8c(c7)c7ccccc7n8-c7nc(-c8ccccc8)nc(-c8ccc9c(c8)oc8c(-c%10ccccc%10)cccc89)n7)cc6)cc5)nc(-c5ccc6c(c5)oc5c(-c7ccccc7)cccc56)n4)c3c2)cc1. The molecule has 0 aliphatic rings. The molecule has 100 heavy (non-hydrogen) atoms. The lowest BCUT2D eigenvalue weighted by Crippen LogP contribution is -2.06. The van der Waals surface area contributed by atoms with Crippen molar-refractivity contribution in [2.75, 3.05) is 0 Å². The minimum absolute atomic E-state index is 0.513. The number of hydrogen-bond acceptors (Lipinski definition) is 8. The van der Waals surface area contributed by atoms with Crippen LogP contribution in [0.5, 0.6) is 0 Å². The van der Waals surface area contributed by atoms with E-state index in [1.165, 1.54) is 0 Å². The molecule has 0 fully saturated rings. The Balaban J connectivity index is 0.654. The zero-order valence-electron chi connectivity index (χ0n) is 53.6. The van der Waals surface area contributed by atoms with E-state index in [-0.39, 0.29) is 0 Å². The lowest BCUT2D eigenvalue weighted by molar-refractivity contribution is 0.669. The average molecular weight is 1280 g/mol. The summed E-state index contributed by atoms with van der Waals surface area (Å²) in [6, 6.07) is 114. The van der Waals surface area contributed by atoms with Crippen molar-refractivity contribution in [3.63, 3.8) is 0 Å². The van der Waals surface area contributed by atoms with Gasteiger partial charge in [0, 0.05) is 76.5 Å². The average Bonchev–Trinajstić information content (AvgIpc) is 1.57. The van der Waals surface area contributed by atoms with Crippen molar-refractivity contribution in [3.05, 3.63) is 328 Å². The van der Waals surface area contributed by atoms with E-state index in [1.807, 2.05) is 48.5 Å². The molecule has 20 aromatic rings. The summed E-state index contributed by atoms with van der Waals surface area (Å²) in [4.78, 5) is 31.8. The van der Waals surface area contributed by atoms with E-state index in [2.05, 4.69) is 288 Å². The van der Waals surface area contributed by atoms with Crippen LogP contribution in [0, 0.1) is 0 Å². The van der Waals surface area contributed by atoms with E-state index in [9.17, 15) is 0 Å². The lowest BCUT2D eigenvalue weighted by Gasteiger charge is -2.12. The first-order valence-electron chi connectivity index (χ1n) is 33.5. The normalized spacial score (nSPS) is 11.8. The van der Waals surface area contributed by atoms with Gasteiger partial charge in [-0.15, -0.1) is 0 Å². The zero-order valence-corrected chi connectivity index (χ0v) is 53.6. The van der Waals surface area contributed by atoms with E-state index in [4.69, 9.17) is 38.7 Å². The number of furan rings is 2. The molecular weight excluding hydrogens is 1230 g/mol. The molecule has 0 atom stereocenters. The Bertz CT molecular complexity index is 6620. The van der Waals surface area contributed by atoms with Gasteiger partial charge in [0.15, 0.2) is 23.3 Å². The zero-order chi connectivity index (χ0) is 65.8. The number of rotatable bonds is 11. The van der Waals surface area contributed by atoms with Gasteiger partial charge in [-0.3, -0.25) is 9.13 Å². The third kappa shape index (κ3) is 9.49. The minimum atomic E-state index is 0.513. The van der Waals surface area contributed by atoms with Crippen molar-refractivity contribution in [1.29, 1.82) is 0 Å². The molecule has 0 amide bonds. The summed E-state index contributed by atoms with van der Waals surface area (Å²) < 4.78 is 17.9. The number of para-hydroxylation sites is 4. The van der Waals surface area contributed by atoms with Gasteiger partial charge in [-0.05, 0) is 99.1 Å². The molecule has 6 heterocycles. The highest BCUT2D eigenvalue weighted by Crippen LogP contribution is 2.43. The molecule has 10 nitrogen and oxygen atoms in total. The largest absolute Gasteiger partial charge is 0.455 e. The molecule has 6 aromatic heterocycles. The van der Waals surface area contributed by atoms with Crippen LogP contribution < -0.4 is 0 Å². The molecular formula is C90H54N8O2. The lowest BCUT2D eigenvalue weighted by atomic mass is 9.98. The molecule has 0 aliphatic heterocycles. The summed E-state index contributed by atoms with van der Waals surface area (Å²) in [5.74, 6) is 3.22. The molecule has 0 spiro atoms. The fraction of sp³-hybridized carbons (Fsp3) is 0. The van der Waals surface area contributed by atoms with Gasteiger partial charge >= 0.3 is 0 Å². The number of benzene rings is 14. The first-order valence-corrected chi connectivity index (χ1v) is 33.5. The number of nitrogens with zero attached hydrogens (tertiary/aromatic N) is 8. The van der Waals surface area contributed by atoms with Crippen LogP contribution in [-0.4, -0.2) is 39.0 Å². The van der Waals surface area contributed by atoms with Crippen molar-refractivity contribution < 1.29 is 8.83 Å². The van der Waals surface area contributed by atoms with Crippen LogP contribution in [0.4, 0.5) is 0 Å². The molecule has 10 heteroatoms. The Labute approximate surface area is 572 Å². The maximum absolute atomic E-state index is 6.79. The summed E-state index contributed by atoms with van der Waals surface area (Å²) in [7, 11) is 0. The van der Waals surface area contributed by atoms with E-state index in [1.54, 1.807) is 0 Å². The second-order valence-electron chi connectivity index (χ2n) is 25.3. The second kappa shape index (κ2) is 23.0. The minimum Gasteiger partial charge on any atom is -0.455 e. The van der Waals surface area contributed by atoms with Gasteiger partial charge in [0.05, 0.1) is 22.1 Å². The van der Waals surface area contributed by atoms with Crippen molar-refractivity contribution in [1.82, 2.24) is 39.0 Å². The molecule has 20 rings (SSSR count). The van der Waals surface area contributed by atoms with Gasteiger partial charge in [-0.2, -0.15) is 19.9 Å². The molecule has 0 aliphatic carbocycles. The van der Waals surface area contributed by atoms with Gasteiger partial charge < -0.3 is 8.83 Å². The number of fused-ring (bicyclic) bond motifs is 12. The van der Waals surface area contributed by atoms with Crippen LogP contribution >= 0.6 is 0 Å². The molecule has 0 bridgehead atoms. The fourth-order valence-electron chi connectivity index (χ4n) is 14.6. The van der Waals surface area contributed by atoms with Crippen molar-refractivity contribution >= 4 is 87.5 Å². The summed E-state index contributed by atoms with van der Waals surface area (Å²) in [6.45, 7) is 0. The van der Waals surface area contributed by atoms with Crippen molar-refractivity contribution in [3.8, 4) is 113 Å². The first kappa shape index (κ1) is 56.6. The molecule has 0 saturated carbocycles. The van der Waals surface area contributed by atoms with Crippen LogP contribution in [0.3, 0.4) is 0 Å². The Morgan fingerprint density at radius 2 is 0.520 bits per heavy atom. The Morgan fingerprint density at radius 1 is 0.190 bits per heavy atom.